The van der Waals surface area contributed by atoms with Crippen molar-refractivity contribution in [2.75, 3.05) is 6.54 Å². The van der Waals surface area contributed by atoms with E-state index in [1.807, 2.05) is 31.2 Å². The van der Waals surface area contributed by atoms with Gasteiger partial charge in [-0.05, 0) is 19.0 Å². The SMILES string of the molecule is Cc1cccc(CC(=O)n2cnc(CCN)c2)c1. The second-order valence-corrected chi connectivity index (χ2v) is 4.37. The predicted octanol–water partition coefficient (Wildman–Crippen LogP) is 1.58. The fourth-order valence-electron chi connectivity index (χ4n) is 1.86. The second kappa shape index (κ2) is 5.60. The lowest BCUT2D eigenvalue weighted by molar-refractivity contribution is 0.0914. The molecule has 0 saturated carbocycles. The molecule has 0 radical (unpaired) electrons. The van der Waals surface area contributed by atoms with Gasteiger partial charge in [0.1, 0.15) is 6.33 Å². The zero-order valence-electron chi connectivity index (χ0n) is 10.5. The van der Waals surface area contributed by atoms with E-state index in [4.69, 9.17) is 5.73 Å². The van der Waals surface area contributed by atoms with E-state index in [0.29, 0.717) is 19.4 Å². The van der Waals surface area contributed by atoms with Gasteiger partial charge in [-0.15, -0.1) is 0 Å². The van der Waals surface area contributed by atoms with Crippen LogP contribution in [0.2, 0.25) is 0 Å². The molecule has 18 heavy (non-hydrogen) atoms. The number of carbonyl (C=O) groups excluding carboxylic acids is 1. The first kappa shape index (κ1) is 12.5. The maximum absolute atomic E-state index is 12.0. The largest absolute Gasteiger partial charge is 0.330 e. The number of nitrogens with zero attached hydrogens (tertiary/aromatic N) is 2. The smallest absolute Gasteiger partial charge is 0.236 e. The third-order valence-electron chi connectivity index (χ3n) is 2.76. The van der Waals surface area contributed by atoms with Gasteiger partial charge in [0.15, 0.2) is 0 Å². The second-order valence-electron chi connectivity index (χ2n) is 4.37. The van der Waals surface area contributed by atoms with Crippen LogP contribution in [0.4, 0.5) is 0 Å². The highest BCUT2D eigenvalue weighted by Gasteiger charge is 2.07. The molecule has 0 atom stereocenters. The molecule has 1 heterocycles. The normalized spacial score (nSPS) is 10.6. The highest BCUT2D eigenvalue weighted by molar-refractivity contribution is 5.81. The molecule has 4 nitrogen and oxygen atoms in total. The number of benzene rings is 1. The molecule has 0 unspecified atom stereocenters. The molecule has 0 aliphatic heterocycles. The Morgan fingerprint density at radius 2 is 2.28 bits per heavy atom. The van der Waals surface area contributed by atoms with E-state index >= 15 is 0 Å². The summed E-state index contributed by atoms with van der Waals surface area (Å²) in [5.41, 5.74) is 8.49. The quantitative estimate of drug-likeness (QED) is 0.886. The number of hydrogen-bond donors (Lipinski definition) is 1. The van der Waals surface area contributed by atoms with E-state index < -0.39 is 0 Å². The van der Waals surface area contributed by atoms with E-state index in [9.17, 15) is 4.79 Å². The monoisotopic (exact) mass is 243 g/mol. The van der Waals surface area contributed by atoms with Crippen LogP contribution in [-0.4, -0.2) is 22.0 Å². The van der Waals surface area contributed by atoms with Gasteiger partial charge in [-0.25, -0.2) is 4.98 Å². The van der Waals surface area contributed by atoms with E-state index in [1.165, 1.54) is 4.57 Å². The predicted molar refractivity (Wildman–Crippen MR) is 70.5 cm³/mol. The maximum atomic E-state index is 12.0. The van der Waals surface area contributed by atoms with E-state index in [1.54, 1.807) is 12.5 Å². The van der Waals surface area contributed by atoms with E-state index in [2.05, 4.69) is 4.98 Å². The summed E-state index contributed by atoms with van der Waals surface area (Å²) in [5.74, 6) is 0.0244. The topological polar surface area (TPSA) is 60.9 Å². The van der Waals surface area contributed by atoms with Crippen LogP contribution in [0.1, 0.15) is 21.6 Å². The molecule has 2 aromatic rings. The van der Waals surface area contributed by atoms with Gasteiger partial charge in [0.2, 0.25) is 5.91 Å². The van der Waals surface area contributed by atoms with Gasteiger partial charge in [-0.1, -0.05) is 29.8 Å². The van der Waals surface area contributed by atoms with Crippen molar-refractivity contribution in [3.8, 4) is 0 Å². The molecule has 0 fully saturated rings. The first-order valence-electron chi connectivity index (χ1n) is 6.00. The molecule has 0 amide bonds. The van der Waals surface area contributed by atoms with Crippen LogP contribution in [0.15, 0.2) is 36.8 Å². The van der Waals surface area contributed by atoms with Crippen LogP contribution < -0.4 is 5.73 Å². The van der Waals surface area contributed by atoms with Crippen molar-refractivity contribution in [1.82, 2.24) is 9.55 Å². The molecule has 2 N–H and O–H groups in total. The Morgan fingerprint density at radius 1 is 1.44 bits per heavy atom. The molecule has 2 rings (SSSR count). The number of aromatic nitrogens is 2. The minimum atomic E-state index is 0.0244. The Kier molecular flexibility index (Phi) is 3.89. The average molecular weight is 243 g/mol. The third kappa shape index (κ3) is 3.05. The van der Waals surface area contributed by atoms with Crippen molar-refractivity contribution < 1.29 is 4.79 Å². The Hall–Kier alpha value is -1.94. The first-order chi connectivity index (χ1) is 8.69. The lowest BCUT2D eigenvalue weighted by Crippen LogP contribution is -2.11. The van der Waals surface area contributed by atoms with Crippen LogP contribution in [-0.2, 0) is 12.8 Å². The lowest BCUT2D eigenvalue weighted by Gasteiger charge is -2.02. The minimum absolute atomic E-state index is 0.0244. The standard InChI is InChI=1S/C14H17N3O/c1-11-3-2-4-12(7-11)8-14(18)17-9-13(5-6-15)16-10-17/h2-4,7,9-10H,5-6,8,15H2,1H3. The molecule has 0 spiro atoms. The van der Waals surface area contributed by atoms with Gasteiger partial charge in [0.25, 0.3) is 0 Å². The number of imidazole rings is 1. The zero-order valence-corrected chi connectivity index (χ0v) is 10.5. The average Bonchev–Trinajstić information content (AvgIpc) is 2.78. The van der Waals surface area contributed by atoms with Crippen LogP contribution in [0.3, 0.4) is 0 Å². The molecule has 1 aromatic heterocycles. The molecular weight excluding hydrogens is 226 g/mol. The van der Waals surface area contributed by atoms with Gasteiger partial charge in [0.05, 0.1) is 12.1 Å². The van der Waals surface area contributed by atoms with Crippen LogP contribution in [0.5, 0.6) is 0 Å². The number of aryl methyl sites for hydroxylation is 1. The third-order valence-corrected chi connectivity index (χ3v) is 2.76. The lowest BCUT2D eigenvalue weighted by atomic mass is 10.1. The number of hydrogen-bond acceptors (Lipinski definition) is 3. The van der Waals surface area contributed by atoms with Crippen LogP contribution >= 0.6 is 0 Å². The summed E-state index contributed by atoms with van der Waals surface area (Å²) in [6, 6.07) is 7.97. The maximum Gasteiger partial charge on any atom is 0.236 e. The summed E-state index contributed by atoms with van der Waals surface area (Å²) in [7, 11) is 0. The molecule has 0 bridgehead atoms. The van der Waals surface area contributed by atoms with Gasteiger partial charge in [0, 0.05) is 12.6 Å². The van der Waals surface area contributed by atoms with Crippen LogP contribution in [0.25, 0.3) is 0 Å². The van der Waals surface area contributed by atoms with E-state index in [0.717, 1.165) is 16.8 Å². The zero-order chi connectivity index (χ0) is 13.0. The highest BCUT2D eigenvalue weighted by atomic mass is 16.2. The fourth-order valence-corrected chi connectivity index (χ4v) is 1.86. The van der Waals surface area contributed by atoms with Gasteiger partial charge in [-0.2, -0.15) is 0 Å². The van der Waals surface area contributed by atoms with Crippen molar-refractivity contribution >= 4 is 5.91 Å². The minimum Gasteiger partial charge on any atom is -0.330 e. The fraction of sp³-hybridized carbons (Fsp3) is 0.286. The van der Waals surface area contributed by atoms with E-state index in [-0.39, 0.29) is 5.91 Å². The number of carbonyl (C=O) groups is 1. The summed E-state index contributed by atoms with van der Waals surface area (Å²) in [6.45, 7) is 2.56. The Morgan fingerprint density at radius 3 is 3.00 bits per heavy atom. The molecule has 0 saturated heterocycles. The Balaban J connectivity index is 2.07. The van der Waals surface area contributed by atoms with Gasteiger partial charge >= 0.3 is 0 Å². The number of rotatable bonds is 4. The molecule has 4 heteroatoms. The van der Waals surface area contributed by atoms with Gasteiger partial charge in [-0.3, -0.25) is 9.36 Å². The first-order valence-corrected chi connectivity index (χ1v) is 6.00. The molecule has 1 aromatic carbocycles. The summed E-state index contributed by atoms with van der Waals surface area (Å²) >= 11 is 0. The molecule has 94 valence electrons. The van der Waals surface area contributed by atoms with Gasteiger partial charge < -0.3 is 5.73 Å². The molecule has 0 aliphatic rings. The van der Waals surface area contributed by atoms with Crippen molar-refractivity contribution in [2.24, 2.45) is 5.73 Å². The van der Waals surface area contributed by atoms with Crippen molar-refractivity contribution in [2.45, 2.75) is 19.8 Å². The molecule has 0 aliphatic carbocycles. The number of nitrogens with two attached hydrogens (primary N) is 1. The van der Waals surface area contributed by atoms with Crippen molar-refractivity contribution in [1.29, 1.82) is 0 Å². The van der Waals surface area contributed by atoms with Crippen LogP contribution in [0, 0.1) is 6.92 Å². The summed E-state index contributed by atoms with van der Waals surface area (Å²) in [4.78, 5) is 16.2. The summed E-state index contributed by atoms with van der Waals surface area (Å²) < 4.78 is 1.54. The van der Waals surface area contributed by atoms with Crippen molar-refractivity contribution in [3.63, 3.8) is 0 Å². The highest BCUT2D eigenvalue weighted by Crippen LogP contribution is 2.06. The van der Waals surface area contributed by atoms with Crippen molar-refractivity contribution in [3.05, 3.63) is 53.6 Å². The Bertz CT molecular complexity index is 545. The Labute approximate surface area is 106 Å². The summed E-state index contributed by atoms with van der Waals surface area (Å²) in [5, 5.41) is 0. The molecular formula is C14H17N3O. The summed E-state index contributed by atoms with van der Waals surface area (Å²) in [6.07, 6.45) is 4.40.